The van der Waals surface area contributed by atoms with E-state index in [1.165, 1.54) is 11.3 Å². The van der Waals surface area contributed by atoms with E-state index in [0.29, 0.717) is 29.4 Å². The van der Waals surface area contributed by atoms with E-state index in [1.807, 2.05) is 36.4 Å². The van der Waals surface area contributed by atoms with Gasteiger partial charge in [-0.15, -0.1) is 10.2 Å². The number of hydrogen-bond donors (Lipinski definition) is 0. The summed E-state index contributed by atoms with van der Waals surface area (Å²) < 4.78 is 23.2. The van der Waals surface area contributed by atoms with Crippen molar-refractivity contribution >= 4 is 16.3 Å². The minimum atomic E-state index is 0.662. The lowest BCUT2D eigenvalue weighted by Crippen LogP contribution is -2.00. The fraction of sp³-hybridized carbons (Fsp3) is 0.286. The van der Waals surface area contributed by atoms with E-state index in [-0.39, 0.29) is 0 Å². The molecule has 0 N–H and O–H groups in total. The Balaban J connectivity index is 1.56. The third-order valence-electron chi connectivity index (χ3n) is 4.77. The number of benzene rings is 2. The SMILES string of the molecule is COc1ccc(CCc2nnc3sc(-c4ccc(OC)c(OC)c4)nn23)cc1OC. The van der Waals surface area contributed by atoms with Crippen molar-refractivity contribution in [3.8, 4) is 33.6 Å². The summed E-state index contributed by atoms with van der Waals surface area (Å²) in [5, 5.41) is 14.1. The number of nitrogens with zero attached hydrogens (tertiary/aromatic N) is 4. The van der Waals surface area contributed by atoms with Gasteiger partial charge in [-0.05, 0) is 42.3 Å². The molecule has 0 fully saturated rings. The second kappa shape index (κ2) is 8.58. The van der Waals surface area contributed by atoms with E-state index < -0.39 is 0 Å². The molecule has 0 unspecified atom stereocenters. The zero-order chi connectivity index (χ0) is 21.1. The molecule has 0 saturated heterocycles. The number of ether oxygens (including phenoxy) is 4. The molecule has 4 aromatic rings. The van der Waals surface area contributed by atoms with E-state index in [2.05, 4.69) is 10.2 Å². The topological polar surface area (TPSA) is 80.0 Å². The third kappa shape index (κ3) is 3.76. The quantitative estimate of drug-likeness (QED) is 0.425. The number of methoxy groups -OCH3 is 4. The lowest BCUT2D eigenvalue weighted by Gasteiger charge is -2.09. The molecule has 8 nitrogen and oxygen atoms in total. The maximum atomic E-state index is 5.40. The van der Waals surface area contributed by atoms with Gasteiger partial charge in [0.2, 0.25) is 4.96 Å². The second-order valence-electron chi connectivity index (χ2n) is 6.48. The Kier molecular flexibility index (Phi) is 5.71. The first-order chi connectivity index (χ1) is 14.7. The number of aryl methyl sites for hydroxylation is 2. The molecule has 4 rings (SSSR count). The highest BCUT2D eigenvalue weighted by molar-refractivity contribution is 7.19. The van der Waals surface area contributed by atoms with Crippen molar-refractivity contribution in [1.29, 1.82) is 0 Å². The van der Waals surface area contributed by atoms with Crippen LogP contribution >= 0.6 is 11.3 Å². The summed E-state index contributed by atoms with van der Waals surface area (Å²) in [7, 11) is 6.50. The van der Waals surface area contributed by atoms with Crippen LogP contribution in [0.3, 0.4) is 0 Å². The lowest BCUT2D eigenvalue weighted by atomic mass is 10.1. The Bertz CT molecular complexity index is 1170. The molecule has 0 atom stereocenters. The van der Waals surface area contributed by atoms with Gasteiger partial charge in [0.1, 0.15) is 5.01 Å². The van der Waals surface area contributed by atoms with Crippen molar-refractivity contribution in [2.45, 2.75) is 12.8 Å². The van der Waals surface area contributed by atoms with Crippen LogP contribution < -0.4 is 18.9 Å². The normalized spacial score (nSPS) is 10.9. The van der Waals surface area contributed by atoms with Gasteiger partial charge in [-0.1, -0.05) is 17.4 Å². The molecule has 0 aliphatic carbocycles. The van der Waals surface area contributed by atoms with Crippen molar-refractivity contribution < 1.29 is 18.9 Å². The molecule has 0 spiro atoms. The third-order valence-corrected chi connectivity index (χ3v) is 5.72. The molecule has 156 valence electrons. The van der Waals surface area contributed by atoms with Crippen LogP contribution in [0.5, 0.6) is 23.0 Å². The molecule has 0 aliphatic heterocycles. The average Bonchev–Trinajstić information content (AvgIpc) is 3.38. The van der Waals surface area contributed by atoms with Crippen molar-refractivity contribution in [3.63, 3.8) is 0 Å². The summed E-state index contributed by atoms with van der Waals surface area (Å²) in [6.45, 7) is 0. The fourth-order valence-corrected chi connectivity index (χ4v) is 4.05. The number of aromatic nitrogens is 4. The minimum Gasteiger partial charge on any atom is -0.493 e. The van der Waals surface area contributed by atoms with Crippen LogP contribution in [0.2, 0.25) is 0 Å². The molecular weight excluding hydrogens is 404 g/mol. The second-order valence-corrected chi connectivity index (χ2v) is 7.43. The van der Waals surface area contributed by atoms with Gasteiger partial charge < -0.3 is 18.9 Å². The maximum Gasteiger partial charge on any atom is 0.234 e. The smallest absolute Gasteiger partial charge is 0.234 e. The van der Waals surface area contributed by atoms with Gasteiger partial charge in [0.25, 0.3) is 0 Å². The van der Waals surface area contributed by atoms with E-state index in [1.54, 1.807) is 33.0 Å². The molecule has 30 heavy (non-hydrogen) atoms. The van der Waals surface area contributed by atoms with Gasteiger partial charge in [-0.3, -0.25) is 0 Å². The van der Waals surface area contributed by atoms with Crippen LogP contribution in [-0.4, -0.2) is 48.3 Å². The summed E-state index contributed by atoms with van der Waals surface area (Å²) in [5.74, 6) is 3.58. The maximum absolute atomic E-state index is 5.40. The first kappa shape index (κ1) is 20.0. The molecule has 0 amide bonds. The Hall–Kier alpha value is -3.33. The highest BCUT2D eigenvalue weighted by atomic mass is 32.1. The van der Waals surface area contributed by atoms with Crippen molar-refractivity contribution in [2.75, 3.05) is 28.4 Å². The minimum absolute atomic E-state index is 0.662. The van der Waals surface area contributed by atoms with Crippen LogP contribution in [0.15, 0.2) is 36.4 Å². The average molecular weight is 426 g/mol. The van der Waals surface area contributed by atoms with E-state index in [4.69, 9.17) is 24.0 Å². The van der Waals surface area contributed by atoms with E-state index >= 15 is 0 Å². The molecule has 0 aliphatic rings. The number of rotatable bonds is 8. The van der Waals surface area contributed by atoms with Gasteiger partial charge in [0, 0.05) is 12.0 Å². The van der Waals surface area contributed by atoms with Crippen LogP contribution in [0.4, 0.5) is 0 Å². The zero-order valence-electron chi connectivity index (χ0n) is 17.2. The molecule has 0 radical (unpaired) electrons. The van der Waals surface area contributed by atoms with Crippen molar-refractivity contribution in [1.82, 2.24) is 19.8 Å². The van der Waals surface area contributed by atoms with Gasteiger partial charge >= 0.3 is 0 Å². The summed E-state index contributed by atoms with van der Waals surface area (Å²) in [4.78, 5) is 0.752. The summed E-state index contributed by atoms with van der Waals surface area (Å²) in [5.41, 5.74) is 2.06. The number of hydrogen-bond acceptors (Lipinski definition) is 8. The summed E-state index contributed by atoms with van der Waals surface area (Å²) in [6.07, 6.45) is 1.48. The summed E-state index contributed by atoms with van der Waals surface area (Å²) in [6, 6.07) is 11.6. The predicted octanol–water partition coefficient (Wildman–Crippen LogP) is 3.67. The lowest BCUT2D eigenvalue weighted by molar-refractivity contribution is 0.354. The first-order valence-corrected chi connectivity index (χ1v) is 10.1. The largest absolute Gasteiger partial charge is 0.493 e. The van der Waals surface area contributed by atoms with Crippen molar-refractivity contribution in [3.05, 3.63) is 47.8 Å². The molecule has 2 aromatic carbocycles. The molecular formula is C21H22N4O4S. The van der Waals surface area contributed by atoms with Crippen molar-refractivity contribution in [2.24, 2.45) is 0 Å². The van der Waals surface area contributed by atoms with Gasteiger partial charge in [0.15, 0.2) is 28.8 Å². The predicted molar refractivity (Wildman–Crippen MR) is 114 cm³/mol. The van der Waals surface area contributed by atoms with Crippen LogP contribution in [-0.2, 0) is 12.8 Å². The van der Waals surface area contributed by atoms with Crippen LogP contribution in [0.25, 0.3) is 15.5 Å². The molecule has 2 heterocycles. The Morgan fingerprint density at radius 1 is 0.767 bits per heavy atom. The molecule has 0 saturated carbocycles. The zero-order valence-corrected chi connectivity index (χ0v) is 18.0. The fourth-order valence-electron chi connectivity index (χ4n) is 3.19. The highest BCUT2D eigenvalue weighted by Crippen LogP contribution is 2.34. The number of fused-ring (bicyclic) bond motifs is 1. The van der Waals surface area contributed by atoms with E-state index in [9.17, 15) is 0 Å². The van der Waals surface area contributed by atoms with Crippen LogP contribution in [0, 0.1) is 0 Å². The van der Waals surface area contributed by atoms with Crippen LogP contribution in [0.1, 0.15) is 11.4 Å². The highest BCUT2D eigenvalue weighted by Gasteiger charge is 2.15. The Morgan fingerprint density at radius 3 is 2.13 bits per heavy atom. The molecule has 2 aromatic heterocycles. The molecule has 0 bridgehead atoms. The molecule has 9 heteroatoms. The Labute approximate surface area is 178 Å². The van der Waals surface area contributed by atoms with Gasteiger partial charge in [-0.2, -0.15) is 9.61 Å². The van der Waals surface area contributed by atoms with E-state index in [0.717, 1.165) is 33.3 Å². The van der Waals surface area contributed by atoms with Gasteiger partial charge in [-0.25, -0.2) is 0 Å². The Morgan fingerprint density at radius 2 is 1.43 bits per heavy atom. The summed E-state index contributed by atoms with van der Waals surface area (Å²) >= 11 is 1.48. The van der Waals surface area contributed by atoms with Gasteiger partial charge in [0.05, 0.1) is 28.4 Å². The first-order valence-electron chi connectivity index (χ1n) is 9.31. The monoisotopic (exact) mass is 426 g/mol. The standard InChI is InChI=1S/C21H22N4O4S/c1-26-15-8-5-13(11-17(15)28-3)6-10-19-22-23-21-25(19)24-20(30-21)14-7-9-16(27-2)18(12-14)29-4/h5,7-9,11-12H,6,10H2,1-4H3.